The van der Waals surface area contributed by atoms with Crippen LogP contribution in [0.3, 0.4) is 0 Å². The van der Waals surface area contributed by atoms with Gasteiger partial charge in [-0.15, -0.1) is 0 Å². The van der Waals surface area contributed by atoms with E-state index in [1.807, 2.05) is 26.8 Å². The molecule has 0 aliphatic carbocycles. The Hall–Kier alpha value is -1.58. The first-order valence-electron chi connectivity index (χ1n) is 5.95. The van der Waals surface area contributed by atoms with Gasteiger partial charge in [-0.1, -0.05) is 13.0 Å². The van der Waals surface area contributed by atoms with E-state index in [-0.39, 0.29) is 11.7 Å². The summed E-state index contributed by atoms with van der Waals surface area (Å²) >= 11 is 0. The average Bonchev–Trinajstić information content (AvgIpc) is 2.48. The van der Waals surface area contributed by atoms with Gasteiger partial charge < -0.3 is 10.1 Å². The third-order valence-electron chi connectivity index (χ3n) is 4.13. The van der Waals surface area contributed by atoms with Crippen molar-refractivity contribution in [3.63, 3.8) is 0 Å². The second-order valence-corrected chi connectivity index (χ2v) is 5.53. The molecule has 1 aliphatic rings. The van der Waals surface area contributed by atoms with Crippen molar-refractivity contribution in [2.24, 2.45) is 0 Å². The van der Waals surface area contributed by atoms with Gasteiger partial charge in [-0.05, 0) is 31.5 Å². The molecule has 0 radical (unpaired) electrons. The van der Waals surface area contributed by atoms with Gasteiger partial charge in [-0.3, -0.25) is 4.79 Å². The molecule has 1 amide bonds. The molecule has 3 nitrogen and oxygen atoms in total. The molecule has 1 saturated heterocycles. The summed E-state index contributed by atoms with van der Waals surface area (Å²) in [7, 11) is 1.43. The van der Waals surface area contributed by atoms with Crippen molar-refractivity contribution >= 4 is 5.91 Å². The Morgan fingerprint density at radius 2 is 2.00 bits per heavy atom. The molecular formula is C14H18FNO2. The minimum atomic E-state index is -0.419. The molecule has 0 aromatic heterocycles. The van der Waals surface area contributed by atoms with Crippen LogP contribution in [-0.4, -0.2) is 18.6 Å². The molecule has 1 aromatic rings. The summed E-state index contributed by atoms with van der Waals surface area (Å²) in [5, 5.41) is 2.94. The van der Waals surface area contributed by atoms with E-state index in [4.69, 9.17) is 4.74 Å². The fourth-order valence-electron chi connectivity index (χ4n) is 2.55. The van der Waals surface area contributed by atoms with Gasteiger partial charge in [-0.25, -0.2) is 4.39 Å². The summed E-state index contributed by atoms with van der Waals surface area (Å²) in [6.45, 7) is 5.90. The largest absolute Gasteiger partial charge is 0.494 e. The number of nitrogens with one attached hydrogen (secondary N) is 1. The van der Waals surface area contributed by atoms with Crippen LogP contribution in [0.1, 0.15) is 32.8 Å². The summed E-state index contributed by atoms with van der Waals surface area (Å²) in [5.41, 5.74) is -0.00776. The third kappa shape index (κ3) is 1.76. The second-order valence-electron chi connectivity index (χ2n) is 5.53. The van der Waals surface area contributed by atoms with Gasteiger partial charge in [0.2, 0.25) is 5.91 Å². The van der Waals surface area contributed by atoms with E-state index in [2.05, 4.69) is 5.32 Å². The number of halogens is 1. The van der Waals surface area contributed by atoms with Crippen LogP contribution < -0.4 is 10.1 Å². The smallest absolute Gasteiger partial charge is 0.221 e. The van der Waals surface area contributed by atoms with Crippen molar-refractivity contribution in [2.75, 3.05) is 7.11 Å². The molecule has 1 aromatic carbocycles. The predicted octanol–water partition coefficient (Wildman–Crippen LogP) is 2.39. The Balaban J connectivity index is 2.48. The van der Waals surface area contributed by atoms with E-state index in [0.29, 0.717) is 6.42 Å². The molecule has 2 rings (SSSR count). The third-order valence-corrected chi connectivity index (χ3v) is 4.13. The first-order valence-corrected chi connectivity index (χ1v) is 5.95. The molecule has 1 atom stereocenters. The summed E-state index contributed by atoms with van der Waals surface area (Å²) in [6, 6.07) is 4.89. The lowest BCUT2D eigenvalue weighted by Gasteiger charge is -2.37. The molecule has 0 bridgehead atoms. The normalized spacial score (nSPS) is 25.9. The van der Waals surface area contributed by atoms with E-state index in [9.17, 15) is 9.18 Å². The molecule has 1 fully saturated rings. The fourth-order valence-corrected chi connectivity index (χ4v) is 2.55. The Labute approximate surface area is 106 Å². The van der Waals surface area contributed by atoms with Gasteiger partial charge in [0.25, 0.3) is 0 Å². The highest BCUT2D eigenvalue weighted by atomic mass is 19.1. The van der Waals surface area contributed by atoms with Crippen LogP contribution in [0.2, 0.25) is 0 Å². The van der Waals surface area contributed by atoms with Crippen molar-refractivity contribution in [3.8, 4) is 5.75 Å². The maximum absolute atomic E-state index is 13.8. The zero-order chi connectivity index (χ0) is 13.6. The monoisotopic (exact) mass is 251 g/mol. The molecule has 98 valence electrons. The van der Waals surface area contributed by atoms with E-state index < -0.39 is 16.8 Å². The van der Waals surface area contributed by atoms with Gasteiger partial charge in [-0.2, -0.15) is 0 Å². The van der Waals surface area contributed by atoms with E-state index in [1.165, 1.54) is 13.2 Å². The van der Waals surface area contributed by atoms with Gasteiger partial charge in [0.15, 0.2) is 11.6 Å². The number of ether oxygens (including phenoxy) is 1. The van der Waals surface area contributed by atoms with Crippen molar-refractivity contribution in [2.45, 2.75) is 38.1 Å². The average molecular weight is 251 g/mol. The van der Waals surface area contributed by atoms with Crippen LogP contribution in [0.25, 0.3) is 0 Å². The SMILES string of the molecule is COc1ccc(C2(C)CC(=O)NC2(C)C)cc1F. The quantitative estimate of drug-likeness (QED) is 0.876. The Kier molecular flexibility index (Phi) is 2.84. The van der Waals surface area contributed by atoms with Crippen LogP contribution >= 0.6 is 0 Å². The maximum atomic E-state index is 13.8. The zero-order valence-corrected chi connectivity index (χ0v) is 11.1. The van der Waals surface area contributed by atoms with Crippen molar-refractivity contribution in [1.29, 1.82) is 0 Å². The molecule has 0 saturated carbocycles. The highest BCUT2D eigenvalue weighted by Crippen LogP contribution is 2.43. The van der Waals surface area contributed by atoms with Crippen LogP contribution in [0.5, 0.6) is 5.75 Å². The molecule has 18 heavy (non-hydrogen) atoms. The standard InChI is InChI=1S/C14H18FNO2/c1-13(2)14(3,8-12(17)16-13)9-5-6-11(18-4)10(15)7-9/h5-7H,8H2,1-4H3,(H,16,17). The summed E-state index contributed by atoms with van der Waals surface area (Å²) in [6.07, 6.45) is 0.367. The van der Waals surface area contributed by atoms with Crippen molar-refractivity contribution < 1.29 is 13.9 Å². The molecular weight excluding hydrogens is 233 g/mol. The highest BCUT2D eigenvalue weighted by Gasteiger charge is 2.50. The predicted molar refractivity (Wildman–Crippen MR) is 67.1 cm³/mol. The molecule has 0 spiro atoms. The van der Waals surface area contributed by atoms with Gasteiger partial charge >= 0.3 is 0 Å². The first-order chi connectivity index (χ1) is 8.30. The van der Waals surface area contributed by atoms with E-state index >= 15 is 0 Å². The number of carbonyl (C=O) groups is 1. The lowest BCUT2D eigenvalue weighted by atomic mass is 9.69. The maximum Gasteiger partial charge on any atom is 0.221 e. The molecule has 1 aliphatic heterocycles. The van der Waals surface area contributed by atoms with Crippen LogP contribution in [0.4, 0.5) is 4.39 Å². The fraction of sp³-hybridized carbons (Fsp3) is 0.500. The summed E-state index contributed by atoms with van der Waals surface area (Å²) < 4.78 is 18.7. The first kappa shape index (κ1) is 12.9. The van der Waals surface area contributed by atoms with E-state index in [1.54, 1.807) is 6.07 Å². The van der Waals surface area contributed by atoms with Crippen LogP contribution in [-0.2, 0) is 10.2 Å². The van der Waals surface area contributed by atoms with E-state index in [0.717, 1.165) is 5.56 Å². The second kappa shape index (κ2) is 3.97. The topological polar surface area (TPSA) is 38.3 Å². The number of methoxy groups -OCH3 is 1. The molecule has 1 unspecified atom stereocenters. The Morgan fingerprint density at radius 3 is 2.44 bits per heavy atom. The van der Waals surface area contributed by atoms with Crippen molar-refractivity contribution in [3.05, 3.63) is 29.6 Å². The minimum absolute atomic E-state index is 0.00118. The van der Waals surface area contributed by atoms with Crippen LogP contribution in [0.15, 0.2) is 18.2 Å². The summed E-state index contributed by atoms with van der Waals surface area (Å²) in [5.74, 6) is -0.178. The zero-order valence-electron chi connectivity index (χ0n) is 11.1. The summed E-state index contributed by atoms with van der Waals surface area (Å²) in [4.78, 5) is 11.6. The van der Waals surface area contributed by atoms with Crippen LogP contribution in [0, 0.1) is 5.82 Å². The molecule has 4 heteroatoms. The molecule has 1 N–H and O–H groups in total. The number of hydrogen-bond acceptors (Lipinski definition) is 2. The lowest BCUT2D eigenvalue weighted by molar-refractivity contribution is -0.119. The number of rotatable bonds is 2. The highest BCUT2D eigenvalue weighted by molar-refractivity contribution is 5.82. The minimum Gasteiger partial charge on any atom is -0.494 e. The van der Waals surface area contributed by atoms with Gasteiger partial charge in [0.05, 0.1) is 7.11 Å². The number of benzene rings is 1. The Morgan fingerprint density at radius 1 is 1.33 bits per heavy atom. The lowest BCUT2D eigenvalue weighted by Crippen LogP contribution is -2.48. The number of hydrogen-bond donors (Lipinski definition) is 1. The number of amides is 1. The molecule has 1 heterocycles. The number of carbonyl (C=O) groups excluding carboxylic acids is 1. The van der Waals surface area contributed by atoms with Gasteiger partial charge in [0.1, 0.15) is 0 Å². The van der Waals surface area contributed by atoms with Crippen molar-refractivity contribution in [1.82, 2.24) is 5.32 Å². The Bertz CT molecular complexity index is 499. The van der Waals surface area contributed by atoms with Gasteiger partial charge in [0, 0.05) is 17.4 Å².